The summed E-state index contributed by atoms with van der Waals surface area (Å²) in [6, 6.07) is 50.4. The molecule has 6 aromatic rings. The summed E-state index contributed by atoms with van der Waals surface area (Å²) in [5, 5.41) is 17.3. The lowest BCUT2D eigenvalue weighted by Crippen LogP contribution is -2.82. The molecule has 4 aliphatic rings. The Morgan fingerprint density at radius 2 is 1.13 bits per heavy atom. The number of hydrogen-bond donors (Lipinski definition) is 2. The summed E-state index contributed by atoms with van der Waals surface area (Å²) in [4.78, 5) is 104. The first kappa shape index (κ1) is 63.8. The van der Waals surface area contributed by atoms with Gasteiger partial charge in [0.25, 0.3) is 0 Å². The number of nitrogens with one attached hydrogen (secondary N) is 1. The summed E-state index contributed by atoms with van der Waals surface area (Å²) in [5.74, 6) is -5.73. The Hall–Kier alpha value is -9.21. The molecule has 20 nitrogen and oxygen atoms in total. The van der Waals surface area contributed by atoms with E-state index in [1.54, 1.807) is 147 Å². The second kappa shape index (κ2) is 27.7. The van der Waals surface area contributed by atoms with Crippen molar-refractivity contribution >= 4 is 42.1 Å². The molecule has 2 saturated carbocycles. The molecule has 1 saturated heterocycles. The number of aliphatic hydroxyl groups is 1. The van der Waals surface area contributed by atoms with E-state index in [1.165, 1.54) is 26.0 Å². The number of rotatable bonds is 21. The molecule has 470 valence electrons. The lowest BCUT2D eigenvalue weighted by Gasteiger charge is -2.67. The zero-order chi connectivity index (χ0) is 63.6. The fourth-order valence-electron chi connectivity index (χ4n) is 13.0. The zero-order valence-corrected chi connectivity index (χ0v) is 50.4. The predicted molar refractivity (Wildman–Crippen MR) is 320 cm³/mol. The smallest absolute Gasteiger partial charge is 0.456 e. The molecule has 0 radical (unpaired) electrons. The van der Waals surface area contributed by atoms with Crippen LogP contribution < -0.4 is 5.32 Å². The Morgan fingerprint density at radius 1 is 0.633 bits per heavy atom. The third-order valence-electron chi connectivity index (χ3n) is 17.6. The largest absolute Gasteiger partial charge is 0.509 e. The van der Waals surface area contributed by atoms with E-state index >= 15 is 14.4 Å². The van der Waals surface area contributed by atoms with E-state index in [0.29, 0.717) is 22.3 Å². The van der Waals surface area contributed by atoms with E-state index in [2.05, 4.69) is 5.32 Å². The van der Waals surface area contributed by atoms with E-state index in [-0.39, 0.29) is 49.6 Å². The molecule has 6 aromatic carbocycles. The number of benzene rings is 6. The number of carbonyl (C=O) groups is 7. The van der Waals surface area contributed by atoms with Gasteiger partial charge in [0.1, 0.15) is 56.6 Å². The van der Waals surface area contributed by atoms with E-state index in [1.807, 2.05) is 36.4 Å². The summed E-state index contributed by atoms with van der Waals surface area (Å²) in [6.45, 7) is 5.56. The van der Waals surface area contributed by atoms with Gasteiger partial charge in [-0.1, -0.05) is 184 Å². The lowest BCUT2D eigenvalue weighted by molar-refractivity contribution is -0.346. The Bertz CT molecular complexity index is 3540. The summed E-state index contributed by atoms with van der Waals surface area (Å²) in [5.41, 5.74) is -5.75. The summed E-state index contributed by atoms with van der Waals surface area (Å²) in [7, 11) is 0. The van der Waals surface area contributed by atoms with Crippen LogP contribution in [0, 0.1) is 16.7 Å². The maximum atomic E-state index is 16.9. The fourth-order valence-corrected chi connectivity index (χ4v) is 13.0. The summed E-state index contributed by atoms with van der Waals surface area (Å²) < 4.78 is 67.8. The molecule has 11 atom stereocenters. The number of fused-ring (bicyclic) bond motifs is 5. The number of carbonyl (C=O) groups excluding carboxylic acids is 7. The molecule has 10 rings (SSSR count). The highest BCUT2D eigenvalue weighted by Crippen LogP contribution is 2.65. The topological polar surface area (TPSA) is 253 Å². The fraction of sp³-hybridized carbons (Fsp3) is 0.357. The van der Waals surface area contributed by atoms with Gasteiger partial charge in [0.2, 0.25) is 0 Å². The molecule has 2 bridgehead atoms. The number of esters is 3. The number of hydrogen-bond acceptors (Lipinski definition) is 19. The molecule has 1 amide bonds. The van der Waals surface area contributed by atoms with E-state index in [9.17, 15) is 24.3 Å². The number of ether oxygens (including phenoxy) is 11. The Kier molecular flexibility index (Phi) is 19.6. The van der Waals surface area contributed by atoms with Gasteiger partial charge in [0.15, 0.2) is 23.6 Å². The summed E-state index contributed by atoms with van der Waals surface area (Å²) in [6.07, 6.45) is -14.8. The molecule has 0 unspecified atom stereocenters. The first-order valence-corrected chi connectivity index (χ1v) is 29.6. The molecule has 0 aromatic heterocycles. The van der Waals surface area contributed by atoms with Gasteiger partial charge in [-0.2, -0.15) is 0 Å². The van der Waals surface area contributed by atoms with Crippen LogP contribution in [0.5, 0.6) is 0 Å². The van der Waals surface area contributed by atoms with Gasteiger partial charge in [0, 0.05) is 25.2 Å². The number of alkyl carbamates (subject to hydrolysis) is 1. The normalized spacial score (nSPS) is 25.3. The van der Waals surface area contributed by atoms with E-state index in [0.717, 1.165) is 12.5 Å². The lowest BCUT2D eigenvalue weighted by atomic mass is 9.44. The molecule has 90 heavy (non-hydrogen) atoms. The first-order valence-electron chi connectivity index (χ1n) is 29.6. The minimum Gasteiger partial charge on any atom is -0.456 e. The van der Waals surface area contributed by atoms with Crippen LogP contribution in [-0.2, 0) is 92.9 Å². The highest BCUT2D eigenvalue weighted by molar-refractivity contribution is 5.96. The van der Waals surface area contributed by atoms with Gasteiger partial charge in [-0.3, -0.25) is 9.59 Å². The molecule has 2 N–H and O–H groups in total. The van der Waals surface area contributed by atoms with E-state index < -0.39 is 133 Å². The maximum absolute atomic E-state index is 16.9. The molecular formula is C70H71NO19. The third-order valence-corrected chi connectivity index (χ3v) is 17.6. The number of ketones is 1. The minimum absolute atomic E-state index is 0.00867. The van der Waals surface area contributed by atoms with Crippen LogP contribution in [0.2, 0.25) is 0 Å². The van der Waals surface area contributed by atoms with E-state index in [4.69, 9.17) is 52.1 Å². The Morgan fingerprint density at radius 3 is 1.66 bits per heavy atom. The van der Waals surface area contributed by atoms with Crippen molar-refractivity contribution in [2.24, 2.45) is 16.7 Å². The van der Waals surface area contributed by atoms with Crippen molar-refractivity contribution in [3.63, 3.8) is 0 Å². The third kappa shape index (κ3) is 13.5. The van der Waals surface area contributed by atoms with Crippen molar-refractivity contribution in [3.05, 3.63) is 227 Å². The first-order chi connectivity index (χ1) is 43.3. The number of Topliss-reactive ketones (excluding diaryl/α,β-unsaturated/α-hetero) is 1. The SMILES string of the molecule is CC(=O)O[C@@]12CO[C@@H]1C[C@H](OC(=O)OCc1ccccc1)[C@@]1(C)C(=O)[C@H](OC(=O)OCc3ccccc3)C3=C(C)[C@@H](OC(=O)[C@H](OCOCc4ccccc4)[C@@H](NC(=O)OCc4ccccc4)c4ccccc4)C[C@@](O)([C@@H](OC(=O)c4ccccc4)[C@H]21)C3(C)C. The number of amides is 1. The van der Waals surface area contributed by atoms with Crippen LogP contribution in [0.25, 0.3) is 0 Å². The van der Waals surface area contributed by atoms with Crippen molar-refractivity contribution in [1.29, 1.82) is 0 Å². The van der Waals surface area contributed by atoms with Crippen LogP contribution in [0.4, 0.5) is 14.4 Å². The van der Waals surface area contributed by atoms with Gasteiger partial charge in [0.05, 0.1) is 36.2 Å². The monoisotopic (exact) mass is 1230 g/mol. The summed E-state index contributed by atoms with van der Waals surface area (Å²) >= 11 is 0. The van der Waals surface area contributed by atoms with Crippen molar-refractivity contribution in [1.82, 2.24) is 5.32 Å². The standard InChI is InChI=1S/C70H71NO19/c1-44-52(86-63(75)58(85-43-80-38-46-24-12-6-13-25-46)56(50-32-20-10-21-33-50)71-64(76)81-39-47-26-14-7-15-27-47)37-70(79)61(89-62(74)51-34-22-11-23-35-51)59-68(5,60(73)57(55(44)67(70,3)4)88-66(78)83-41-49-30-18-9-19-31-49)53(36-54-69(59,42-84-54)90-45(2)72)87-65(77)82-40-48-28-16-8-17-29-48/h6-35,52-54,56-59,61,79H,36-43H2,1-5H3,(H,71,76)/t52-,53-,54+,56-,57+,58+,59-,61-,68+,69-,70+/m0/s1. The Balaban J connectivity index is 1.12. The quantitative estimate of drug-likeness (QED) is 0.0223. The second-order valence-electron chi connectivity index (χ2n) is 23.5. The van der Waals surface area contributed by atoms with Gasteiger partial charge in [-0.15, -0.1) is 0 Å². The molecule has 3 fully saturated rings. The highest BCUT2D eigenvalue weighted by Gasteiger charge is 2.79. The van der Waals surface area contributed by atoms with Gasteiger partial charge < -0.3 is 62.5 Å². The highest BCUT2D eigenvalue weighted by atomic mass is 16.7. The molecule has 3 aliphatic carbocycles. The van der Waals surface area contributed by atoms with Gasteiger partial charge >= 0.3 is 36.3 Å². The Labute approximate surface area is 520 Å². The van der Waals surface area contributed by atoms with Crippen molar-refractivity contribution < 1.29 is 90.8 Å². The average molecular weight is 1230 g/mol. The maximum Gasteiger partial charge on any atom is 0.509 e. The minimum atomic E-state index is -2.59. The second-order valence-corrected chi connectivity index (χ2v) is 23.5. The van der Waals surface area contributed by atoms with Gasteiger partial charge in [-0.05, 0) is 64.9 Å². The van der Waals surface area contributed by atoms with Crippen LogP contribution in [0.1, 0.15) is 91.7 Å². The van der Waals surface area contributed by atoms with Crippen LogP contribution in [0.15, 0.2) is 193 Å². The molecular weight excluding hydrogens is 1160 g/mol. The molecule has 1 heterocycles. The van der Waals surface area contributed by atoms with Gasteiger partial charge in [-0.25, -0.2) is 24.0 Å². The molecule has 20 heteroatoms. The molecule has 0 spiro atoms. The van der Waals surface area contributed by atoms with Crippen molar-refractivity contribution in [2.75, 3.05) is 13.4 Å². The van der Waals surface area contributed by atoms with Crippen molar-refractivity contribution in [3.8, 4) is 0 Å². The van der Waals surface area contributed by atoms with Crippen molar-refractivity contribution in [2.45, 2.75) is 128 Å². The molecule has 1 aliphatic heterocycles. The predicted octanol–water partition coefficient (Wildman–Crippen LogP) is 10.6. The zero-order valence-electron chi connectivity index (χ0n) is 50.4. The average Bonchev–Trinajstić information content (AvgIpc) is 0.670. The van der Waals surface area contributed by atoms with Crippen LogP contribution in [0.3, 0.4) is 0 Å². The van der Waals surface area contributed by atoms with Crippen LogP contribution >= 0.6 is 0 Å². The van der Waals surface area contributed by atoms with Crippen LogP contribution in [-0.4, -0.2) is 108 Å².